The van der Waals surface area contributed by atoms with E-state index >= 15 is 0 Å². The molecule has 0 aliphatic rings. The monoisotopic (exact) mass is 421 g/mol. The number of amidine groups is 2. The molecule has 3 aromatic heterocycles. The summed E-state index contributed by atoms with van der Waals surface area (Å²) in [5.41, 5.74) is 19.7. The first-order valence-electron chi connectivity index (χ1n) is 10.2. The summed E-state index contributed by atoms with van der Waals surface area (Å²) in [6, 6.07) is 18.4. The van der Waals surface area contributed by atoms with E-state index < -0.39 is 0 Å². The van der Waals surface area contributed by atoms with Crippen molar-refractivity contribution in [3.05, 3.63) is 78.1 Å². The Labute approximate surface area is 184 Å². The molecule has 6 N–H and O–H groups in total. The van der Waals surface area contributed by atoms with Gasteiger partial charge in [-0.25, -0.2) is 0 Å². The van der Waals surface area contributed by atoms with Gasteiger partial charge in [-0.3, -0.25) is 15.0 Å². The largest absolute Gasteiger partial charge is 0.384 e. The van der Waals surface area contributed by atoms with E-state index in [2.05, 4.69) is 43.1 Å². The molecule has 0 aliphatic heterocycles. The molecule has 0 aliphatic carbocycles. The summed E-state index contributed by atoms with van der Waals surface area (Å²) in [6.45, 7) is 0. The van der Waals surface area contributed by atoms with Crippen LogP contribution in [0.3, 0.4) is 0 Å². The van der Waals surface area contributed by atoms with Crippen molar-refractivity contribution in [1.29, 1.82) is 0 Å². The molecule has 7 heteroatoms. The lowest BCUT2D eigenvalue weighted by Gasteiger charge is -2.02. The second-order valence-corrected chi connectivity index (χ2v) is 7.65. The Morgan fingerprint density at radius 1 is 0.688 bits per heavy atom. The molecule has 5 aromatic rings. The van der Waals surface area contributed by atoms with Crippen molar-refractivity contribution in [2.75, 3.05) is 14.1 Å². The maximum atomic E-state index is 5.96. The van der Waals surface area contributed by atoms with E-state index in [1.165, 1.54) is 0 Å². The molecule has 32 heavy (non-hydrogen) atoms. The van der Waals surface area contributed by atoms with Gasteiger partial charge in [0.1, 0.15) is 11.7 Å². The highest BCUT2D eigenvalue weighted by Gasteiger charge is 2.10. The van der Waals surface area contributed by atoms with Gasteiger partial charge in [0.2, 0.25) is 0 Å². The number of aromatic amines is 2. The Morgan fingerprint density at radius 3 is 1.59 bits per heavy atom. The number of nitrogens with one attached hydrogen (secondary N) is 2. The Hall–Kier alpha value is -4.39. The predicted molar refractivity (Wildman–Crippen MR) is 132 cm³/mol. The lowest BCUT2D eigenvalue weighted by Crippen LogP contribution is -2.12. The van der Waals surface area contributed by atoms with Crippen LogP contribution in [0.2, 0.25) is 0 Å². The lowest BCUT2D eigenvalue weighted by molar-refractivity contribution is 1.30. The summed E-state index contributed by atoms with van der Waals surface area (Å²) < 4.78 is 0. The summed E-state index contributed by atoms with van der Waals surface area (Å²) in [5.74, 6) is 1.03. The van der Waals surface area contributed by atoms with E-state index in [0.29, 0.717) is 11.7 Å². The maximum absolute atomic E-state index is 5.96. The molecule has 0 radical (unpaired) electrons. The van der Waals surface area contributed by atoms with Crippen molar-refractivity contribution in [3.63, 3.8) is 0 Å². The smallest absolute Gasteiger partial charge is 0.125 e. The van der Waals surface area contributed by atoms with Gasteiger partial charge in [0.05, 0.1) is 0 Å². The van der Waals surface area contributed by atoms with E-state index in [9.17, 15) is 0 Å². The van der Waals surface area contributed by atoms with E-state index in [1.807, 2.05) is 48.8 Å². The normalized spacial score (nSPS) is 12.7. The van der Waals surface area contributed by atoms with Gasteiger partial charge in [-0.15, -0.1) is 0 Å². The number of H-pyrrole nitrogens is 2. The van der Waals surface area contributed by atoms with Crippen LogP contribution < -0.4 is 11.5 Å². The molecule has 158 valence electrons. The molecule has 3 heterocycles. The fourth-order valence-corrected chi connectivity index (χ4v) is 3.88. The van der Waals surface area contributed by atoms with Gasteiger partial charge in [0, 0.05) is 81.9 Å². The Balaban J connectivity index is 1.53. The first-order chi connectivity index (χ1) is 15.6. The first-order valence-corrected chi connectivity index (χ1v) is 10.2. The fourth-order valence-electron chi connectivity index (χ4n) is 3.88. The molecule has 0 unspecified atom stereocenters. The topological polar surface area (TPSA) is 121 Å². The average Bonchev–Trinajstić information content (AvgIpc) is 3.46. The van der Waals surface area contributed by atoms with E-state index in [1.54, 1.807) is 14.1 Å². The Bertz CT molecular complexity index is 1410. The standard InChI is InChI=1S/C25H23N7/c1-28-24(26)16-5-3-14-8-22(31-20(14)10-16)18-7-19(13-30-12-18)23-9-15-4-6-17(25(27)29-2)11-21(15)32-23/h3-13,31-32H,1-2H3,(H2,26,28)(H2,27,29). The van der Waals surface area contributed by atoms with Crippen LogP contribution in [0.1, 0.15) is 11.1 Å². The molecule has 2 aromatic carbocycles. The minimum atomic E-state index is 0.514. The number of hydrogen-bond donors (Lipinski definition) is 4. The molecular formula is C25H23N7. The average molecular weight is 422 g/mol. The highest BCUT2D eigenvalue weighted by atomic mass is 14.8. The van der Waals surface area contributed by atoms with E-state index in [-0.39, 0.29) is 0 Å². The van der Waals surface area contributed by atoms with E-state index in [4.69, 9.17) is 11.5 Å². The van der Waals surface area contributed by atoms with Gasteiger partial charge in [-0.05, 0) is 30.3 Å². The number of aliphatic imine (C=N–C) groups is 2. The first kappa shape index (κ1) is 19.6. The lowest BCUT2D eigenvalue weighted by atomic mass is 10.1. The minimum Gasteiger partial charge on any atom is -0.384 e. The molecular weight excluding hydrogens is 398 g/mol. The highest BCUT2D eigenvalue weighted by Crippen LogP contribution is 2.29. The second kappa shape index (κ2) is 7.70. The van der Waals surface area contributed by atoms with Crippen molar-refractivity contribution in [2.45, 2.75) is 0 Å². The second-order valence-electron chi connectivity index (χ2n) is 7.65. The van der Waals surface area contributed by atoms with Crippen molar-refractivity contribution in [1.82, 2.24) is 15.0 Å². The number of aromatic nitrogens is 3. The van der Waals surface area contributed by atoms with Gasteiger partial charge >= 0.3 is 0 Å². The van der Waals surface area contributed by atoms with Crippen LogP contribution in [0.5, 0.6) is 0 Å². The number of nitrogens with zero attached hydrogens (tertiary/aromatic N) is 3. The summed E-state index contributed by atoms with van der Waals surface area (Å²) in [7, 11) is 3.38. The number of pyridine rings is 1. The molecule has 7 nitrogen and oxygen atoms in total. The third-order valence-corrected chi connectivity index (χ3v) is 5.68. The van der Waals surface area contributed by atoms with Gasteiger partial charge < -0.3 is 21.4 Å². The van der Waals surface area contributed by atoms with Gasteiger partial charge in [-0.2, -0.15) is 0 Å². The highest BCUT2D eigenvalue weighted by molar-refractivity contribution is 6.02. The molecule has 0 saturated carbocycles. The quantitative estimate of drug-likeness (QED) is 0.259. The number of rotatable bonds is 4. The fraction of sp³-hybridized carbons (Fsp3) is 0.0800. The number of hydrogen-bond acceptors (Lipinski definition) is 3. The van der Waals surface area contributed by atoms with Gasteiger partial charge in [0.25, 0.3) is 0 Å². The van der Waals surface area contributed by atoms with Crippen molar-refractivity contribution < 1.29 is 0 Å². The number of benzene rings is 2. The molecule has 0 bridgehead atoms. The van der Waals surface area contributed by atoms with Gasteiger partial charge in [-0.1, -0.05) is 24.3 Å². The summed E-state index contributed by atoms with van der Waals surface area (Å²) in [4.78, 5) is 19.6. The van der Waals surface area contributed by atoms with Crippen molar-refractivity contribution in [3.8, 4) is 22.5 Å². The number of nitrogens with two attached hydrogens (primary N) is 2. The molecule has 5 rings (SSSR count). The van der Waals surface area contributed by atoms with Crippen molar-refractivity contribution >= 4 is 33.5 Å². The van der Waals surface area contributed by atoms with Crippen LogP contribution in [0, 0.1) is 0 Å². The Kier molecular flexibility index (Phi) is 4.71. The summed E-state index contributed by atoms with van der Waals surface area (Å²) in [5, 5.41) is 2.21. The van der Waals surface area contributed by atoms with Crippen LogP contribution in [0.15, 0.2) is 77.0 Å². The predicted octanol–water partition coefficient (Wildman–Crippen LogP) is 4.05. The number of fused-ring (bicyclic) bond motifs is 2. The van der Waals surface area contributed by atoms with Crippen molar-refractivity contribution in [2.24, 2.45) is 21.5 Å². The minimum absolute atomic E-state index is 0.514. The third-order valence-electron chi connectivity index (χ3n) is 5.68. The van der Waals surface area contributed by atoms with Crippen LogP contribution in [-0.2, 0) is 0 Å². The zero-order valence-electron chi connectivity index (χ0n) is 17.8. The van der Waals surface area contributed by atoms with Crippen LogP contribution >= 0.6 is 0 Å². The Morgan fingerprint density at radius 2 is 1.16 bits per heavy atom. The zero-order valence-corrected chi connectivity index (χ0v) is 17.8. The van der Waals surface area contributed by atoms with E-state index in [0.717, 1.165) is 55.4 Å². The van der Waals surface area contributed by atoms with Crippen LogP contribution in [-0.4, -0.2) is 40.7 Å². The molecule has 0 saturated heterocycles. The summed E-state index contributed by atoms with van der Waals surface area (Å²) >= 11 is 0. The molecule has 0 fully saturated rings. The molecule has 0 amide bonds. The SMILES string of the molecule is CN=C(N)c1ccc2cc(-c3cncc(-c4cc5ccc(C(N)=NC)cc5[nH]4)c3)[nH]c2c1. The summed E-state index contributed by atoms with van der Waals surface area (Å²) in [6.07, 6.45) is 3.71. The third kappa shape index (κ3) is 3.39. The molecule has 0 spiro atoms. The maximum Gasteiger partial charge on any atom is 0.125 e. The van der Waals surface area contributed by atoms with Crippen LogP contribution in [0.4, 0.5) is 0 Å². The van der Waals surface area contributed by atoms with Crippen LogP contribution in [0.25, 0.3) is 44.3 Å². The van der Waals surface area contributed by atoms with Gasteiger partial charge in [0.15, 0.2) is 0 Å². The molecule has 0 atom stereocenters. The zero-order chi connectivity index (χ0) is 22.2.